The second kappa shape index (κ2) is 5.84. The van der Waals surface area contributed by atoms with Gasteiger partial charge in [0, 0.05) is 24.3 Å². The highest BCUT2D eigenvalue weighted by Gasteiger charge is 2.08. The number of aromatic carboxylic acids is 1. The summed E-state index contributed by atoms with van der Waals surface area (Å²) in [4.78, 5) is 16.9. The average molecular weight is 321 g/mol. The number of rotatable bonds is 4. The summed E-state index contributed by atoms with van der Waals surface area (Å²) < 4.78 is 1.05. The SMILES string of the molecule is CN(Cc1ccccc1Br)c1ccc(C(=O)O)cn1. The molecule has 0 aliphatic carbocycles. The number of carboxylic acids is 1. The van der Waals surface area contributed by atoms with E-state index in [0.717, 1.165) is 15.9 Å². The number of anilines is 1. The molecule has 0 amide bonds. The monoisotopic (exact) mass is 320 g/mol. The van der Waals surface area contributed by atoms with Crippen LogP contribution in [0.2, 0.25) is 0 Å². The van der Waals surface area contributed by atoms with Gasteiger partial charge in [0.15, 0.2) is 0 Å². The topological polar surface area (TPSA) is 53.4 Å². The number of pyridine rings is 1. The fourth-order valence-electron chi connectivity index (χ4n) is 1.70. The van der Waals surface area contributed by atoms with Gasteiger partial charge < -0.3 is 10.0 Å². The Morgan fingerprint density at radius 1 is 1.32 bits per heavy atom. The molecule has 19 heavy (non-hydrogen) atoms. The van der Waals surface area contributed by atoms with Gasteiger partial charge in [-0.05, 0) is 23.8 Å². The Labute approximate surface area is 119 Å². The second-order valence-electron chi connectivity index (χ2n) is 4.16. The van der Waals surface area contributed by atoms with Crippen LogP contribution in [-0.2, 0) is 6.54 Å². The molecule has 98 valence electrons. The van der Waals surface area contributed by atoms with Crippen LogP contribution in [0.3, 0.4) is 0 Å². The molecule has 0 unspecified atom stereocenters. The standard InChI is InChI=1S/C14H13BrN2O2/c1-17(9-11-4-2-3-5-12(11)15)13-7-6-10(8-16-13)14(18)19/h2-8H,9H2,1H3,(H,18,19). The van der Waals surface area contributed by atoms with Crippen LogP contribution in [0.15, 0.2) is 47.1 Å². The van der Waals surface area contributed by atoms with Crippen molar-refractivity contribution in [3.05, 3.63) is 58.2 Å². The van der Waals surface area contributed by atoms with E-state index in [-0.39, 0.29) is 5.56 Å². The molecule has 1 aromatic heterocycles. The Balaban J connectivity index is 2.14. The van der Waals surface area contributed by atoms with Crippen molar-refractivity contribution in [2.24, 2.45) is 0 Å². The molecule has 0 atom stereocenters. The van der Waals surface area contributed by atoms with Crippen LogP contribution in [0, 0.1) is 0 Å². The van der Waals surface area contributed by atoms with E-state index in [9.17, 15) is 4.79 Å². The van der Waals surface area contributed by atoms with Crippen molar-refractivity contribution in [2.45, 2.75) is 6.54 Å². The number of hydrogen-bond donors (Lipinski definition) is 1. The number of carboxylic acid groups (broad SMARTS) is 1. The van der Waals surface area contributed by atoms with Gasteiger partial charge in [0.2, 0.25) is 0 Å². The summed E-state index contributed by atoms with van der Waals surface area (Å²) in [5.74, 6) is -0.228. The molecule has 0 spiro atoms. The van der Waals surface area contributed by atoms with Gasteiger partial charge in [0.1, 0.15) is 5.82 Å². The lowest BCUT2D eigenvalue weighted by Gasteiger charge is -2.19. The number of hydrogen-bond acceptors (Lipinski definition) is 3. The molecule has 0 saturated carbocycles. The summed E-state index contributed by atoms with van der Waals surface area (Å²) >= 11 is 3.50. The third kappa shape index (κ3) is 3.32. The lowest BCUT2D eigenvalue weighted by Crippen LogP contribution is -2.18. The number of aromatic nitrogens is 1. The zero-order valence-corrected chi connectivity index (χ0v) is 12.0. The van der Waals surface area contributed by atoms with Gasteiger partial charge in [-0.3, -0.25) is 0 Å². The Hall–Kier alpha value is -1.88. The van der Waals surface area contributed by atoms with Gasteiger partial charge in [-0.1, -0.05) is 34.1 Å². The molecule has 0 aliphatic rings. The maximum atomic E-state index is 10.8. The molecule has 4 nitrogen and oxygen atoms in total. The predicted molar refractivity (Wildman–Crippen MR) is 77.4 cm³/mol. The van der Waals surface area contributed by atoms with E-state index in [4.69, 9.17) is 5.11 Å². The van der Waals surface area contributed by atoms with Crippen LogP contribution in [0.25, 0.3) is 0 Å². The normalized spacial score (nSPS) is 10.2. The van der Waals surface area contributed by atoms with Gasteiger partial charge >= 0.3 is 5.97 Å². The zero-order chi connectivity index (χ0) is 13.8. The minimum absolute atomic E-state index is 0.193. The summed E-state index contributed by atoms with van der Waals surface area (Å²) in [6.45, 7) is 0.695. The molecule has 0 fully saturated rings. The first-order chi connectivity index (χ1) is 9.08. The number of benzene rings is 1. The molecule has 0 aliphatic heterocycles. The second-order valence-corrected chi connectivity index (χ2v) is 5.01. The van der Waals surface area contributed by atoms with Crippen molar-refractivity contribution in [3.8, 4) is 0 Å². The van der Waals surface area contributed by atoms with Crippen LogP contribution < -0.4 is 4.90 Å². The van der Waals surface area contributed by atoms with E-state index in [1.807, 2.05) is 36.2 Å². The lowest BCUT2D eigenvalue weighted by atomic mass is 10.2. The fraction of sp³-hybridized carbons (Fsp3) is 0.143. The zero-order valence-electron chi connectivity index (χ0n) is 10.4. The third-order valence-corrected chi connectivity index (χ3v) is 3.52. The highest BCUT2D eigenvalue weighted by molar-refractivity contribution is 9.10. The number of halogens is 1. The molecule has 2 rings (SSSR count). The van der Waals surface area contributed by atoms with Gasteiger partial charge in [0.05, 0.1) is 5.56 Å². The predicted octanol–water partition coefficient (Wildman–Crippen LogP) is 3.18. The van der Waals surface area contributed by atoms with Gasteiger partial charge in [-0.15, -0.1) is 0 Å². The average Bonchev–Trinajstić information content (AvgIpc) is 2.41. The van der Waals surface area contributed by atoms with E-state index >= 15 is 0 Å². The molecule has 0 radical (unpaired) electrons. The minimum Gasteiger partial charge on any atom is -0.478 e. The highest BCUT2D eigenvalue weighted by atomic mass is 79.9. The van der Waals surface area contributed by atoms with Crippen molar-refractivity contribution < 1.29 is 9.90 Å². The van der Waals surface area contributed by atoms with Gasteiger partial charge in [-0.25, -0.2) is 9.78 Å². The highest BCUT2D eigenvalue weighted by Crippen LogP contribution is 2.19. The number of nitrogens with zero attached hydrogens (tertiary/aromatic N) is 2. The van der Waals surface area contributed by atoms with Crippen molar-refractivity contribution >= 4 is 27.7 Å². The summed E-state index contributed by atoms with van der Waals surface area (Å²) in [5.41, 5.74) is 1.34. The third-order valence-electron chi connectivity index (χ3n) is 2.75. The van der Waals surface area contributed by atoms with Crippen molar-refractivity contribution in [1.29, 1.82) is 0 Å². The summed E-state index contributed by atoms with van der Waals surface area (Å²) in [5, 5.41) is 8.83. The molecule has 1 aromatic carbocycles. The molecule has 0 bridgehead atoms. The smallest absolute Gasteiger partial charge is 0.337 e. The Morgan fingerprint density at radius 3 is 2.63 bits per heavy atom. The van der Waals surface area contributed by atoms with E-state index < -0.39 is 5.97 Å². The van der Waals surface area contributed by atoms with Gasteiger partial charge in [-0.2, -0.15) is 0 Å². The van der Waals surface area contributed by atoms with E-state index in [1.165, 1.54) is 6.20 Å². The molecule has 1 heterocycles. The fourth-order valence-corrected chi connectivity index (χ4v) is 2.11. The molecule has 5 heteroatoms. The minimum atomic E-state index is -0.965. The Bertz CT molecular complexity index is 584. The largest absolute Gasteiger partial charge is 0.478 e. The van der Waals surface area contributed by atoms with E-state index in [2.05, 4.69) is 20.9 Å². The summed E-state index contributed by atoms with van der Waals surface area (Å²) in [7, 11) is 1.92. The first kappa shape index (κ1) is 13.5. The van der Waals surface area contributed by atoms with Crippen LogP contribution in [0.4, 0.5) is 5.82 Å². The lowest BCUT2D eigenvalue weighted by molar-refractivity contribution is 0.0696. The Kier molecular flexibility index (Phi) is 4.16. The molecular formula is C14H13BrN2O2. The quantitative estimate of drug-likeness (QED) is 0.940. The summed E-state index contributed by atoms with van der Waals surface area (Å²) in [6.07, 6.45) is 1.37. The van der Waals surface area contributed by atoms with Crippen molar-refractivity contribution in [2.75, 3.05) is 11.9 Å². The van der Waals surface area contributed by atoms with E-state index in [1.54, 1.807) is 12.1 Å². The van der Waals surface area contributed by atoms with Crippen LogP contribution in [0.1, 0.15) is 15.9 Å². The van der Waals surface area contributed by atoms with E-state index in [0.29, 0.717) is 6.54 Å². The molecule has 2 aromatic rings. The first-order valence-corrected chi connectivity index (χ1v) is 6.51. The molecular weight excluding hydrogens is 308 g/mol. The number of carbonyl (C=O) groups is 1. The van der Waals surface area contributed by atoms with Gasteiger partial charge in [0.25, 0.3) is 0 Å². The molecule has 1 N–H and O–H groups in total. The maximum absolute atomic E-state index is 10.8. The van der Waals surface area contributed by atoms with Crippen LogP contribution in [-0.4, -0.2) is 23.1 Å². The van der Waals surface area contributed by atoms with Crippen molar-refractivity contribution in [1.82, 2.24) is 4.98 Å². The first-order valence-electron chi connectivity index (χ1n) is 5.72. The maximum Gasteiger partial charge on any atom is 0.337 e. The van der Waals surface area contributed by atoms with Crippen molar-refractivity contribution in [3.63, 3.8) is 0 Å². The molecule has 0 saturated heterocycles. The summed E-state index contributed by atoms with van der Waals surface area (Å²) in [6, 6.07) is 11.2. The van der Waals surface area contributed by atoms with Crippen LogP contribution >= 0.6 is 15.9 Å². The van der Waals surface area contributed by atoms with Crippen LogP contribution in [0.5, 0.6) is 0 Å². The Morgan fingerprint density at radius 2 is 2.05 bits per heavy atom.